The molecule has 134 heavy (non-hydrogen) atoms. The number of benzene rings is 3. The van der Waals surface area contributed by atoms with E-state index in [0.29, 0.717) is 36.9 Å². The Morgan fingerprint density at radius 2 is 0.896 bits per heavy atom. The van der Waals surface area contributed by atoms with Crippen LogP contribution in [0.3, 0.4) is 0 Å². The van der Waals surface area contributed by atoms with Crippen LogP contribution in [0.5, 0.6) is 11.5 Å². The van der Waals surface area contributed by atoms with Gasteiger partial charge in [-0.2, -0.15) is 0 Å². The lowest BCUT2D eigenvalue weighted by molar-refractivity contribution is -0.153. The predicted octanol–water partition coefficient (Wildman–Crippen LogP) is 3.24. The minimum absolute atomic E-state index is 0.00911. The fourth-order valence-electron chi connectivity index (χ4n) is 15.4. The van der Waals surface area contributed by atoms with Crippen molar-refractivity contribution in [2.45, 2.75) is 258 Å². The van der Waals surface area contributed by atoms with E-state index in [-0.39, 0.29) is 116 Å². The number of carbonyl (C=O) groups is 20. The van der Waals surface area contributed by atoms with Gasteiger partial charge in [0.05, 0.1) is 110 Å². The number of carboxylic acid groups (broad SMARTS) is 3. The molecule has 39 heteroatoms. The Bertz CT molecular complexity index is 4510. The number of Topliss-reactive ketones (excluding diaryl/α,β-unsaturated/α-hetero) is 8. The van der Waals surface area contributed by atoms with E-state index in [1.807, 2.05) is 13.8 Å². The molecule has 1 fully saturated rings. The van der Waals surface area contributed by atoms with Crippen LogP contribution >= 0.6 is 11.8 Å². The summed E-state index contributed by atoms with van der Waals surface area (Å²) in [4.78, 5) is 274. The van der Waals surface area contributed by atoms with Gasteiger partial charge in [-0.15, -0.1) is 11.8 Å². The minimum Gasteiger partial charge on any atom is -0.508 e. The molecule has 38 nitrogen and oxygen atoms in total. The predicted molar refractivity (Wildman–Crippen MR) is 488 cm³/mol. The van der Waals surface area contributed by atoms with Crippen molar-refractivity contribution in [2.24, 2.45) is 64.4 Å². The summed E-state index contributed by atoms with van der Waals surface area (Å²) in [7, 11) is 0. The van der Waals surface area contributed by atoms with Crippen molar-refractivity contribution in [1.82, 2.24) is 42.1 Å². The number of ketones is 8. The molecule has 0 bridgehead atoms. The Morgan fingerprint density at radius 1 is 0.440 bits per heavy atom. The number of phenols is 2. The van der Waals surface area contributed by atoms with Gasteiger partial charge in [-0.1, -0.05) is 109 Å². The highest BCUT2D eigenvalue weighted by Gasteiger charge is 2.42. The molecule has 1 aliphatic heterocycles. The number of amides is 9. The van der Waals surface area contributed by atoms with Gasteiger partial charge in [0, 0.05) is 95.1 Å². The molecule has 18 N–H and O–H groups in total. The second-order valence-electron chi connectivity index (χ2n) is 36.2. The van der Waals surface area contributed by atoms with Gasteiger partial charge in [0.25, 0.3) is 0 Å². The maximum atomic E-state index is 14.9. The lowest BCUT2D eigenvalue weighted by Gasteiger charge is -2.34. The summed E-state index contributed by atoms with van der Waals surface area (Å²) in [5, 5.41) is 111. The molecule has 0 aromatic heterocycles. The number of rotatable bonds is 67. The van der Waals surface area contributed by atoms with Crippen molar-refractivity contribution in [2.75, 3.05) is 44.4 Å². The molecule has 740 valence electrons. The van der Waals surface area contributed by atoms with Crippen LogP contribution in [0, 0.1) is 58.7 Å². The van der Waals surface area contributed by atoms with Gasteiger partial charge in [-0.05, 0) is 137 Å². The summed E-state index contributed by atoms with van der Waals surface area (Å²) in [5.74, 6) is -30.9. The molecule has 3 aromatic rings. The van der Waals surface area contributed by atoms with Crippen LogP contribution in [0.25, 0.3) is 0 Å². The molecule has 1 saturated heterocycles. The average molecular weight is 1900 g/mol. The molecule has 0 spiro atoms. The van der Waals surface area contributed by atoms with Crippen LogP contribution < -0.4 is 43.0 Å². The summed E-state index contributed by atoms with van der Waals surface area (Å²) in [6.07, 6.45) is -9.69. The number of nitrogens with zero attached hydrogens (tertiary/aromatic N) is 1. The topological polar surface area (TPSA) is 637 Å². The molecule has 1 aliphatic rings. The van der Waals surface area contributed by atoms with Gasteiger partial charge in [0.1, 0.15) is 29.1 Å². The summed E-state index contributed by atoms with van der Waals surface area (Å²) in [5.41, 5.74) is 6.29. The normalized spacial score (nSPS) is 16.1. The van der Waals surface area contributed by atoms with Crippen LogP contribution in [0.1, 0.15) is 207 Å². The largest absolute Gasteiger partial charge is 0.508 e. The van der Waals surface area contributed by atoms with Gasteiger partial charge in [0.2, 0.25) is 53.2 Å². The SMILES string of the molecule is CC[C@H](C)[C@H](NC(=O)[C@H](CO)CC(=O)[C@H](Cc1ccc(O)cc1)NC(=O)[C@H](CC(=O)O)CC(=O)[C@H](CO)NC(=O)[C@@H](CC(=O)[C@H](Cc1ccccc1)NC(=O)[C@@H](CC(=O)CNC(=O)[C@H](CCC(=O)O)CC(=O)CSCC(=O)CCCN1C(=O)CC(C)(C)CC1=O)[C@@H](C)O)[C@@H](C)O)C(=O)C[C@@H](Cc1ccc(O)cc1)C(=O)N[C@@H](CC(C)C)C(=O)C[C@@H](CC(=O)O)C(=O)N[C@H](C)CCCCN. The average Bonchev–Trinajstić information content (AvgIpc) is 0.815. The maximum absolute atomic E-state index is 14.9. The Balaban J connectivity index is 1.52. The molecule has 3 aromatic carbocycles. The number of nitrogens with two attached hydrogens (primary N) is 1. The quantitative estimate of drug-likeness (QED) is 0.0285. The van der Waals surface area contributed by atoms with Crippen LogP contribution in [0.2, 0.25) is 0 Å². The molecule has 4 rings (SSSR count). The molecule has 0 radical (unpaired) electrons. The van der Waals surface area contributed by atoms with Gasteiger partial charge in [-0.25, -0.2) is 0 Å². The maximum Gasteiger partial charge on any atom is 0.304 e. The zero-order valence-electron chi connectivity index (χ0n) is 77.7. The number of hydrogen-bond acceptors (Lipinski definition) is 28. The number of aromatic hydroxyl groups is 2. The number of nitrogens with one attached hydrogen (secondary N) is 7. The fourth-order valence-corrected chi connectivity index (χ4v) is 16.3. The van der Waals surface area contributed by atoms with Crippen molar-refractivity contribution >= 4 is 129 Å². The summed E-state index contributed by atoms with van der Waals surface area (Å²) in [6.45, 7) is 11.8. The first-order chi connectivity index (χ1) is 63.1. The molecule has 16 atom stereocenters. The van der Waals surface area contributed by atoms with E-state index < -0.39 is 291 Å². The van der Waals surface area contributed by atoms with E-state index in [1.54, 1.807) is 65.0 Å². The van der Waals surface area contributed by atoms with Crippen molar-refractivity contribution in [3.05, 3.63) is 95.6 Å². The number of hydrogen-bond donors (Lipinski definition) is 17. The Labute approximate surface area is 783 Å². The summed E-state index contributed by atoms with van der Waals surface area (Å²) < 4.78 is 0. The minimum atomic E-state index is -2.00. The molecular formula is C95H135N9O29S. The van der Waals surface area contributed by atoms with E-state index in [4.69, 9.17) is 5.73 Å². The smallest absolute Gasteiger partial charge is 0.304 e. The highest BCUT2D eigenvalue weighted by atomic mass is 32.2. The van der Waals surface area contributed by atoms with Crippen LogP contribution in [-0.2, 0) is 115 Å². The van der Waals surface area contributed by atoms with E-state index in [9.17, 15) is 142 Å². The van der Waals surface area contributed by atoms with Gasteiger partial charge in [-0.3, -0.25) is 101 Å². The fraction of sp³-hybridized carbons (Fsp3) is 0.600. The van der Waals surface area contributed by atoms with E-state index in [0.717, 1.165) is 30.5 Å². The molecular weight excluding hydrogens is 1760 g/mol. The third-order valence-electron chi connectivity index (χ3n) is 23.4. The number of carbonyl (C=O) groups excluding carboxylic acids is 17. The number of aliphatic carboxylic acids is 3. The first-order valence-electron chi connectivity index (χ1n) is 45.3. The highest BCUT2D eigenvalue weighted by Crippen LogP contribution is 2.33. The molecule has 1 heterocycles. The van der Waals surface area contributed by atoms with E-state index >= 15 is 0 Å². The summed E-state index contributed by atoms with van der Waals surface area (Å²) >= 11 is 0.942. The van der Waals surface area contributed by atoms with Crippen LogP contribution in [0.4, 0.5) is 0 Å². The van der Waals surface area contributed by atoms with Gasteiger partial charge in [0.15, 0.2) is 34.7 Å². The van der Waals surface area contributed by atoms with Gasteiger partial charge < -0.3 is 88.9 Å². The number of phenolic OH excluding ortho intramolecular Hbond substituents is 2. The molecule has 9 amide bonds. The number of thioether (sulfide) groups is 1. The number of carboxylic acids is 3. The number of unbranched alkanes of at least 4 members (excludes halogenated alkanes) is 1. The monoisotopic (exact) mass is 1900 g/mol. The third kappa shape index (κ3) is 41.6. The molecule has 0 aliphatic carbocycles. The van der Waals surface area contributed by atoms with Crippen molar-refractivity contribution in [3.63, 3.8) is 0 Å². The lowest BCUT2D eigenvalue weighted by atomic mass is 9.81. The zero-order chi connectivity index (χ0) is 100. The summed E-state index contributed by atoms with van der Waals surface area (Å²) in [6, 6.07) is 10.4. The zero-order valence-corrected chi connectivity index (χ0v) is 78.5. The number of aliphatic hydroxyl groups is 4. The first-order valence-corrected chi connectivity index (χ1v) is 46.5. The number of aliphatic hydroxyl groups excluding tert-OH is 4. The van der Waals surface area contributed by atoms with Crippen LogP contribution in [-0.4, -0.2) is 261 Å². The Morgan fingerprint density at radius 3 is 1.40 bits per heavy atom. The second-order valence-corrected chi connectivity index (χ2v) is 37.2. The highest BCUT2D eigenvalue weighted by molar-refractivity contribution is 8.00. The first kappa shape index (κ1) is 115. The van der Waals surface area contributed by atoms with E-state index in [1.165, 1.54) is 48.5 Å². The van der Waals surface area contributed by atoms with E-state index in [2.05, 4.69) is 37.2 Å². The van der Waals surface area contributed by atoms with Crippen molar-refractivity contribution in [1.29, 1.82) is 0 Å². The van der Waals surface area contributed by atoms with Crippen molar-refractivity contribution in [3.8, 4) is 11.5 Å². The number of imide groups is 1. The molecule has 0 unspecified atom stereocenters. The standard InChI is InChI=1S/C95H135N9O29S/c1-10-54(4)87(81(118)40-62(34-59-21-26-66(109)27-22-59)90(129)99-73(33-53(2)3)77(114)38-63(42-85(123)124)89(128)98-55(5)17-14-15-31-96)103-92(131)65(49-105)41-78(115)74(36-60-23-28-67(110)29-24-60)100-91(130)64(43-86(125)126)39-79(116)76(50-106)102-94(133)72(57(7)108)45-80(117)75(35-58-18-12-11-13-19-58)101-93(132)71(56(6)107)44-69(112)48-97-88(127)61(25-30-84(121)122)37-70(113)52-134-51-68(111)20-16-32-104-82(119)46-95(8,9)47-83(104)120/h11-13,18-19,21-24,26-29,53-57,61-65,71-76,87,105-110H,10,14-17,20,25,30-52,96H2,1-9H3,(H,97,127)(H,98,128)(H,99,129)(H,100,130)(H,101,132)(H,102,133)(H,103,131)(H,121,122)(H,123,124)(H,125,126)/t54-,55+,56+,57+,61+,62+,63-,64-,65-,71-,72-,73-,74-,75-,76-,87-/m0/s1. The number of piperidine rings is 1. The number of likely N-dealkylation sites (tertiary alicyclic amines) is 1. The molecule has 0 saturated carbocycles. The Hall–Kier alpha value is -11.4. The van der Waals surface area contributed by atoms with Gasteiger partial charge >= 0.3 is 17.9 Å². The Kier molecular flexibility index (Phi) is 49.8. The van der Waals surface area contributed by atoms with Crippen LogP contribution in [0.15, 0.2) is 78.9 Å². The second kappa shape index (κ2) is 58.0. The lowest BCUT2D eigenvalue weighted by Crippen LogP contribution is -2.52. The van der Waals surface area contributed by atoms with Crippen molar-refractivity contribution < 1.29 is 142 Å². The third-order valence-corrected chi connectivity index (χ3v) is 24.5.